The maximum absolute atomic E-state index is 8.43. The van der Waals surface area contributed by atoms with Crippen LogP contribution in [0.5, 0.6) is 0 Å². The molecule has 5 nitrogen and oxygen atoms in total. The Morgan fingerprint density at radius 1 is 1.39 bits per heavy atom. The molecule has 7 heteroatoms. The Labute approximate surface area is 113 Å². The highest BCUT2D eigenvalue weighted by molar-refractivity contribution is 6.35. The Bertz CT molecular complexity index is 591. The smallest absolute Gasteiger partial charge is 0.227 e. The third-order valence-electron chi connectivity index (χ3n) is 2.17. The van der Waals surface area contributed by atoms with Crippen LogP contribution >= 0.6 is 23.2 Å². The molecule has 0 unspecified atom stereocenters. The van der Waals surface area contributed by atoms with Crippen molar-refractivity contribution < 1.29 is 4.52 Å². The number of unbranched alkanes of at least 4 members (excludes halogenated alkanes) is 1. The summed E-state index contributed by atoms with van der Waals surface area (Å²) in [4.78, 5) is 8.22. The Kier molecular flexibility index (Phi) is 4.13. The van der Waals surface area contributed by atoms with Gasteiger partial charge in [-0.2, -0.15) is 10.2 Å². The number of hydrogen-bond acceptors (Lipinski definition) is 5. The van der Waals surface area contributed by atoms with E-state index >= 15 is 0 Å². The van der Waals surface area contributed by atoms with Gasteiger partial charge in [0.05, 0.1) is 16.1 Å². The number of rotatable bonds is 4. The molecular weight excluding hydrogens is 275 g/mol. The van der Waals surface area contributed by atoms with Crippen molar-refractivity contribution in [2.75, 3.05) is 0 Å². The van der Waals surface area contributed by atoms with Gasteiger partial charge in [0.15, 0.2) is 0 Å². The third-order valence-corrected chi connectivity index (χ3v) is 2.66. The predicted octanol–water partition coefficient (Wildman–Crippen LogP) is 3.28. The summed E-state index contributed by atoms with van der Waals surface area (Å²) in [5.74, 6) is 0.789. The molecule has 0 atom stereocenters. The van der Waals surface area contributed by atoms with Gasteiger partial charge < -0.3 is 4.52 Å². The second-order valence-corrected chi connectivity index (χ2v) is 4.35. The first kappa shape index (κ1) is 12.8. The highest BCUT2D eigenvalue weighted by Gasteiger charge is 2.13. The van der Waals surface area contributed by atoms with E-state index in [9.17, 15) is 0 Å². The first-order valence-electron chi connectivity index (χ1n) is 5.21. The fourth-order valence-electron chi connectivity index (χ4n) is 1.35. The van der Waals surface area contributed by atoms with E-state index in [1.807, 2.05) is 0 Å². The van der Waals surface area contributed by atoms with Gasteiger partial charge in [-0.05, 0) is 12.5 Å². The van der Waals surface area contributed by atoms with Gasteiger partial charge in [0, 0.05) is 19.0 Å². The summed E-state index contributed by atoms with van der Waals surface area (Å²) >= 11 is 11.7. The molecule has 0 fully saturated rings. The van der Waals surface area contributed by atoms with Crippen molar-refractivity contribution >= 4 is 23.2 Å². The lowest BCUT2D eigenvalue weighted by atomic mass is 10.2. The predicted molar refractivity (Wildman–Crippen MR) is 66.1 cm³/mol. The van der Waals surface area contributed by atoms with Gasteiger partial charge in [0.2, 0.25) is 11.7 Å². The average Bonchev–Trinajstić information content (AvgIpc) is 2.78. The minimum absolute atomic E-state index is 0.323. The lowest BCUT2D eigenvalue weighted by molar-refractivity contribution is 0.376. The molecule has 92 valence electrons. The zero-order chi connectivity index (χ0) is 13.0. The van der Waals surface area contributed by atoms with Gasteiger partial charge in [0.1, 0.15) is 5.69 Å². The summed E-state index contributed by atoms with van der Waals surface area (Å²) < 4.78 is 5.05. The Morgan fingerprint density at radius 3 is 2.94 bits per heavy atom. The van der Waals surface area contributed by atoms with Gasteiger partial charge >= 0.3 is 0 Å². The van der Waals surface area contributed by atoms with Crippen molar-refractivity contribution in [2.24, 2.45) is 0 Å². The maximum Gasteiger partial charge on any atom is 0.227 e. The number of pyridine rings is 1. The first-order chi connectivity index (χ1) is 8.70. The molecule has 0 aliphatic rings. The summed E-state index contributed by atoms with van der Waals surface area (Å²) in [7, 11) is 0. The van der Waals surface area contributed by atoms with E-state index in [4.69, 9.17) is 33.0 Å². The topological polar surface area (TPSA) is 75.6 Å². The standard InChI is InChI=1S/C11H8Cl2N4O/c12-7-5-8(13)10(15-6-7)11-16-9(18-17-11)3-1-2-4-14/h5-6H,1-3H2. The molecule has 2 aromatic heterocycles. The van der Waals surface area contributed by atoms with Crippen LogP contribution in [0.4, 0.5) is 0 Å². The first-order valence-corrected chi connectivity index (χ1v) is 5.97. The fraction of sp³-hybridized carbons (Fsp3) is 0.273. The molecule has 0 spiro atoms. The van der Waals surface area contributed by atoms with Crippen molar-refractivity contribution in [3.8, 4) is 17.6 Å². The van der Waals surface area contributed by atoms with Crippen molar-refractivity contribution in [1.29, 1.82) is 5.26 Å². The van der Waals surface area contributed by atoms with Crippen LogP contribution in [0, 0.1) is 11.3 Å². The highest BCUT2D eigenvalue weighted by Crippen LogP contribution is 2.25. The summed E-state index contributed by atoms with van der Waals surface area (Å²) in [5, 5.41) is 13.0. The fourth-order valence-corrected chi connectivity index (χ4v) is 1.81. The molecule has 0 N–H and O–H groups in total. The van der Waals surface area contributed by atoms with Crippen LogP contribution in [-0.4, -0.2) is 15.1 Å². The van der Waals surface area contributed by atoms with Crippen LogP contribution in [0.15, 0.2) is 16.8 Å². The Balaban J connectivity index is 2.16. The number of halogens is 2. The molecule has 0 aliphatic heterocycles. The zero-order valence-corrected chi connectivity index (χ0v) is 10.7. The Morgan fingerprint density at radius 2 is 2.22 bits per heavy atom. The van der Waals surface area contributed by atoms with Gasteiger partial charge in [-0.1, -0.05) is 28.4 Å². The molecule has 0 amide bonds. The molecule has 0 saturated carbocycles. The van der Waals surface area contributed by atoms with E-state index in [-0.39, 0.29) is 0 Å². The molecule has 0 radical (unpaired) electrons. The second kappa shape index (κ2) is 5.80. The van der Waals surface area contributed by atoms with Crippen molar-refractivity contribution in [1.82, 2.24) is 15.1 Å². The van der Waals surface area contributed by atoms with E-state index in [0.29, 0.717) is 46.7 Å². The van der Waals surface area contributed by atoms with E-state index in [1.165, 1.54) is 6.20 Å². The van der Waals surface area contributed by atoms with Crippen LogP contribution in [0.2, 0.25) is 10.0 Å². The van der Waals surface area contributed by atoms with Crippen molar-refractivity contribution in [3.05, 3.63) is 28.2 Å². The monoisotopic (exact) mass is 282 g/mol. The summed E-state index contributed by atoms with van der Waals surface area (Å²) in [6.07, 6.45) is 3.16. The van der Waals surface area contributed by atoms with Gasteiger partial charge in [-0.15, -0.1) is 0 Å². The van der Waals surface area contributed by atoms with E-state index < -0.39 is 0 Å². The minimum atomic E-state index is 0.323. The SMILES string of the molecule is N#CCCCc1nc(-c2ncc(Cl)cc2Cl)no1. The summed E-state index contributed by atoms with van der Waals surface area (Å²) in [5.41, 5.74) is 0.427. The zero-order valence-electron chi connectivity index (χ0n) is 9.23. The molecule has 18 heavy (non-hydrogen) atoms. The van der Waals surface area contributed by atoms with Crippen LogP contribution < -0.4 is 0 Å². The Hall–Kier alpha value is -1.64. The van der Waals surface area contributed by atoms with E-state index in [0.717, 1.165) is 0 Å². The number of hydrogen-bond donors (Lipinski definition) is 0. The van der Waals surface area contributed by atoms with Crippen LogP contribution in [0.25, 0.3) is 11.5 Å². The summed E-state index contributed by atoms with van der Waals surface area (Å²) in [6.45, 7) is 0. The summed E-state index contributed by atoms with van der Waals surface area (Å²) in [6, 6.07) is 3.62. The lowest BCUT2D eigenvalue weighted by Gasteiger charge is -1.97. The van der Waals surface area contributed by atoms with Gasteiger partial charge in [0.25, 0.3) is 0 Å². The molecule has 0 saturated heterocycles. The molecule has 0 bridgehead atoms. The number of nitriles is 1. The maximum atomic E-state index is 8.43. The highest BCUT2D eigenvalue weighted by atomic mass is 35.5. The van der Waals surface area contributed by atoms with Gasteiger partial charge in [-0.25, -0.2) is 4.98 Å². The van der Waals surface area contributed by atoms with Gasteiger partial charge in [-0.3, -0.25) is 0 Å². The van der Waals surface area contributed by atoms with Crippen LogP contribution in [0.1, 0.15) is 18.7 Å². The van der Waals surface area contributed by atoms with E-state index in [1.54, 1.807) is 6.07 Å². The van der Waals surface area contributed by atoms with Crippen LogP contribution in [-0.2, 0) is 6.42 Å². The van der Waals surface area contributed by atoms with Crippen molar-refractivity contribution in [3.63, 3.8) is 0 Å². The number of aromatic nitrogens is 3. The molecule has 2 heterocycles. The van der Waals surface area contributed by atoms with E-state index in [2.05, 4.69) is 21.2 Å². The van der Waals surface area contributed by atoms with Crippen LogP contribution in [0.3, 0.4) is 0 Å². The quantitative estimate of drug-likeness (QED) is 0.805. The normalized spacial score (nSPS) is 10.3. The minimum Gasteiger partial charge on any atom is -0.339 e. The third kappa shape index (κ3) is 2.97. The molecule has 2 aromatic rings. The molecule has 0 aromatic carbocycles. The average molecular weight is 283 g/mol. The number of nitrogens with zero attached hydrogens (tertiary/aromatic N) is 4. The molecule has 2 rings (SSSR count). The largest absolute Gasteiger partial charge is 0.339 e. The second-order valence-electron chi connectivity index (χ2n) is 3.51. The number of aryl methyl sites for hydroxylation is 1. The molecule has 0 aliphatic carbocycles. The molecular formula is C11H8Cl2N4O. The lowest BCUT2D eigenvalue weighted by Crippen LogP contribution is -1.89. The van der Waals surface area contributed by atoms with Crippen molar-refractivity contribution in [2.45, 2.75) is 19.3 Å².